The molecule has 0 unspecified atom stereocenters. The Morgan fingerprint density at radius 2 is 2.00 bits per heavy atom. The van der Waals surface area contributed by atoms with Gasteiger partial charge in [0.15, 0.2) is 0 Å². The van der Waals surface area contributed by atoms with Crippen LogP contribution in [0.5, 0.6) is 5.75 Å². The lowest BCUT2D eigenvalue weighted by molar-refractivity contribution is 0.303. The zero-order valence-electron chi connectivity index (χ0n) is 10.6. The Balaban J connectivity index is 2.22. The van der Waals surface area contributed by atoms with Gasteiger partial charge < -0.3 is 10.5 Å². The van der Waals surface area contributed by atoms with E-state index in [9.17, 15) is 0 Å². The van der Waals surface area contributed by atoms with Crippen LogP contribution in [0.25, 0.3) is 0 Å². The summed E-state index contributed by atoms with van der Waals surface area (Å²) in [6.07, 6.45) is 0. The van der Waals surface area contributed by atoms with Crippen molar-refractivity contribution < 1.29 is 4.74 Å². The summed E-state index contributed by atoms with van der Waals surface area (Å²) < 4.78 is 6.85. The second-order valence-corrected chi connectivity index (χ2v) is 5.20. The highest BCUT2D eigenvalue weighted by atomic mass is 79.9. The molecule has 0 aromatic heterocycles. The van der Waals surface area contributed by atoms with Gasteiger partial charge in [0.1, 0.15) is 18.2 Å². The first-order valence-corrected chi connectivity index (χ1v) is 6.68. The van der Waals surface area contributed by atoms with Crippen molar-refractivity contribution in [2.45, 2.75) is 13.5 Å². The van der Waals surface area contributed by atoms with Gasteiger partial charge in [-0.05, 0) is 36.2 Å². The molecule has 0 atom stereocenters. The molecule has 2 aromatic carbocycles. The van der Waals surface area contributed by atoms with Crippen molar-refractivity contribution in [3.8, 4) is 5.75 Å². The van der Waals surface area contributed by atoms with Crippen molar-refractivity contribution in [2.75, 3.05) is 0 Å². The number of hydrogen-bond acceptors (Lipinski definition) is 2. The van der Waals surface area contributed by atoms with E-state index in [2.05, 4.69) is 15.9 Å². The molecular formula is C15H15BrN2O. The molecule has 0 fully saturated rings. The minimum atomic E-state index is 0.0212. The number of nitrogens with one attached hydrogen (secondary N) is 1. The van der Waals surface area contributed by atoms with Crippen LogP contribution < -0.4 is 10.5 Å². The highest BCUT2D eigenvalue weighted by Gasteiger charge is 2.09. The van der Waals surface area contributed by atoms with Gasteiger partial charge >= 0.3 is 0 Å². The zero-order chi connectivity index (χ0) is 13.8. The third-order valence-electron chi connectivity index (χ3n) is 2.77. The maximum absolute atomic E-state index is 7.58. The lowest BCUT2D eigenvalue weighted by atomic mass is 10.1. The van der Waals surface area contributed by atoms with Crippen LogP contribution >= 0.6 is 15.9 Å². The van der Waals surface area contributed by atoms with Gasteiger partial charge in [-0.3, -0.25) is 5.41 Å². The molecule has 0 radical (unpaired) electrons. The van der Waals surface area contributed by atoms with E-state index in [1.165, 1.54) is 0 Å². The van der Waals surface area contributed by atoms with Crippen LogP contribution in [-0.2, 0) is 6.61 Å². The van der Waals surface area contributed by atoms with Crippen LogP contribution in [0.1, 0.15) is 16.7 Å². The van der Waals surface area contributed by atoms with Gasteiger partial charge in [0.05, 0.1) is 5.56 Å². The van der Waals surface area contributed by atoms with Crippen molar-refractivity contribution in [1.82, 2.24) is 0 Å². The van der Waals surface area contributed by atoms with E-state index >= 15 is 0 Å². The van der Waals surface area contributed by atoms with Crippen LogP contribution in [0, 0.1) is 12.3 Å². The van der Waals surface area contributed by atoms with Crippen LogP contribution in [0.15, 0.2) is 46.9 Å². The maximum atomic E-state index is 7.58. The van der Waals surface area contributed by atoms with E-state index < -0.39 is 0 Å². The molecule has 3 N–H and O–H groups in total. The van der Waals surface area contributed by atoms with Crippen LogP contribution in [0.4, 0.5) is 0 Å². The molecule has 3 nitrogen and oxygen atoms in total. The summed E-state index contributed by atoms with van der Waals surface area (Å²) in [4.78, 5) is 0. The monoisotopic (exact) mass is 318 g/mol. The molecule has 4 heteroatoms. The van der Waals surface area contributed by atoms with Crippen LogP contribution in [0.2, 0.25) is 0 Å². The van der Waals surface area contributed by atoms with Crippen molar-refractivity contribution in [3.05, 3.63) is 63.6 Å². The molecule has 0 aliphatic carbocycles. The highest BCUT2D eigenvalue weighted by molar-refractivity contribution is 9.10. The van der Waals surface area contributed by atoms with Gasteiger partial charge in [0.2, 0.25) is 0 Å². The normalized spacial score (nSPS) is 10.2. The van der Waals surface area contributed by atoms with E-state index in [-0.39, 0.29) is 5.84 Å². The Morgan fingerprint density at radius 3 is 2.68 bits per heavy atom. The molecule has 0 amide bonds. The minimum absolute atomic E-state index is 0.0212. The number of benzene rings is 2. The third-order valence-corrected chi connectivity index (χ3v) is 3.27. The van der Waals surface area contributed by atoms with Crippen molar-refractivity contribution in [2.24, 2.45) is 5.73 Å². The standard InChI is InChI=1S/C15H15BrN2O/c1-10-4-2-7-13(15(17)18)14(10)19-9-11-5-3-6-12(16)8-11/h2-8H,9H2,1H3,(H3,17,18). The first-order chi connectivity index (χ1) is 9.08. The lowest BCUT2D eigenvalue weighted by Crippen LogP contribution is -2.13. The van der Waals surface area contributed by atoms with Crippen LogP contribution in [-0.4, -0.2) is 5.84 Å². The van der Waals surface area contributed by atoms with Gasteiger partial charge in [-0.1, -0.05) is 40.2 Å². The summed E-state index contributed by atoms with van der Waals surface area (Å²) in [6.45, 7) is 2.40. The lowest BCUT2D eigenvalue weighted by Gasteiger charge is -2.13. The average Bonchev–Trinajstić information content (AvgIpc) is 2.37. The second kappa shape index (κ2) is 5.89. The van der Waals surface area contributed by atoms with E-state index in [4.69, 9.17) is 15.9 Å². The fourth-order valence-electron chi connectivity index (χ4n) is 1.84. The van der Waals surface area contributed by atoms with Gasteiger partial charge in [0.25, 0.3) is 0 Å². The Labute approximate surface area is 121 Å². The van der Waals surface area contributed by atoms with Crippen molar-refractivity contribution in [1.29, 1.82) is 5.41 Å². The number of para-hydroxylation sites is 1. The largest absolute Gasteiger partial charge is 0.488 e. The Kier molecular flexibility index (Phi) is 4.22. The summed E-state index contributed by atoms with van der Waals surface area (Å²) in [5.74, 6) is 0.697. The molecule has 19 heavy (non-hydrogen) atoms. The molecule has 0 bridgehead atoms. The number of nitrogen functional groups attached to an aromatic ring is 1. The predicted molar refractivity (Wildman–Crippen MR) is 80.7 cm³/mol. The Morgan fingerprint density at radius 1 is 1.26 bits per heavy atom. The summed E-state index contributed by atoms with van der Waals surface area (Å²) >= 11 is 3.43. The first-order valence-electron chi connectivity index (χ1n) is 5.89. The smallest absolute Gasteiger partial charge is 0.133 e. The number of halogens is 1. The van der Waals surface area contributed by atoms with Gasteiger partial charge in [-0.25, -0.2) is 0 Å². The topological polar surface area (TPSA) is 59.1 Å². The van der Waals surface area contributed by atoms with Gasteiger partial charge in [0, 0.05) is 4.47 Å². The summed E-state index contributed by atoms with van der Waals surface area (Å²) in [6, 6.07) is 13.6. The Bertz CT molecular complexity index is 611. The SMILES string of the molecule is Cc1cccc(C(=N)N)c1OCc1cccc(Br)c1. The van der Waals surface area contributed by atoms with Crippen molar-refractivity contribution in [3.63, 3.8) is 0 Å². The zero-order valence-corrected chi connectivity index (χ0v) is 12.2. The molecule has 98 valence electrons. The second-order valence-electron chi connectivity index (χ2n) is 4.28. The fraction of sp³-hybridized carbons (Fsp3) is 0.133. The first kappa shape index (κ1) is 13.6. The third kappa shape index (κ3) is 3.35. The fourth-order valence-corrected chi connectivity index (χ4v) is 2.29. The minimum Gasteiger partial charge on any atom is -0.488 e. The number of amidine groups is 1. The number of ether oxygens (including phenoxy) is 1. The quantitative estimate of drug-likeness (QED) is 0.668. The highest BCUT2D eigenvalue weighted by Crippen LogP contribution is 2.24. The molecule has 2 rings (SSSR count). The summed E-state index contributed by atoms with van der Waals surface area (Å²) in [5, 5.41) is 7.58. The average molecular weight is 319 g/mol. The van der Waals surface area contributed by atoms with E-state index in [1.54, 1.807) is 6.07 Å². The maximum Gasteiger partial charge on any atom is 0.133 e. The van der Waals surface area contributed by atoms with Gasteiger partial charge in [-0.15, -0.1) is 0 Å². The molecule has 2 aromatic rings. The predicted octanol–water partition coefficient (Wildman–Crippen LogP) is 3.62. The summed E-state index contributed by atoms with van der Waals surface area (Å²) in [7, 11) is 0. The van der Waals surface area contributed by atoms with E-state index in [0.717, 1.165) is 15.6 Å². The van der Waals surface area contributed by atoms with Crippen molar-refractivity contribution >= 4 is 21.8 Å². The van der Waals surface area contributed by atoms with E-state index in [1.807, 2.05) is 43.3 Å². The molecule has 0 spiro atoms. The molecule has 0 saturated carbocycles. The Hall–Kier alpha value is -1.81. The number of hydrogen-bond donors (Lipinski definition) is 2. The van der Waals surface area contributed by atoms with Crippen LogP contribution in [0.3, 0.4) is 0 Å². The van der Waals surface area contributed by atoms with E-state index in [0.29, 0.717) is 17.9 Å². The number of aryl methyl sites for hydroxylation is 1. The molecule has 0 heterocycles. The summed E-state index contributed by atoms with van der Waals surface area (Å²) in [5.41, 5.74) is 8.24. The molecule has 0 aliphatic heterocycles. The molecular weight excluding hydrogens is 304 g/mol. The molecule has 0 aliphatic rings. The number of rotatable bonds is 4. The van der Waals surface area contributed by atoms with Gasteiger partial charge in [-0.2, -0.15) is 0 Å². The molecule has 0 saturated heterocycles. The number of nitrogens with two attached hydrogens (primary N) is 1.